The molecular weight excluding hydrogens is 371 g/mol. The third-order valence-corrected chi connectivity index (χ3v) is 4.14. The van der Waals surface area contributed by atoms with Crippen LogP contribution in [0.4, 0.5) is 11.4 Å². The van der Waals surface area contributed by atoms with Crippen LogP contribution >= 0.6 is 34.8 Å². The number of ether oxygens (including phenoxy) is 1. The third-order valence-electron chi connectivity index (χ3n) is 3.29. The molecule has 24 heavy (non-hydrogen) atoms. The molecule has 0 unspecified atom stereocenters. The Morgan fingerprint density at radius 2 is 1.75 bits per heavy atom. The van der Waals surface area contributed by atoms with Crippen molar-refractivity contribution in [1.82, 2.24) is 0 Å². The summed E-state index contributed by atoms with van der Waals surface area (Å²) in [4.78, 5) is 12.0. The lowest BCUT2D eigenvalue weighted by Crippen LogP contribution is -2.16. The molecule has 2 N–H and O–H groups in total. The summed E-state index contributed by atoms with van der Waals surface area (Å²) >= 11 is 17.9. The highest BCUT2D eigenvalue weighted by Crippen LogP contribution is 2.30. The molecule has 0 saturated carbocycles. The number of carbonyl (C=O) groups is 1. The van der Waals surface area contributed by atoms with Gasteiger partial charge in [-0.05, 0) is 36.8 Å². The van der Waals surface area contributed by atoms with Crippen LogP contribution in [-0.4, -0.2) is 19.6 Å². The van der Waals surface area contributed by atoms with Crippen molar-refractivity contribution in [2.45, 2.75) is 13.3 Å². The second-order valence-corrected chi connectivity index (χ2v) is 6.46. The van der Waals surface area contributed by atoms with E-state index in [9.17, 15) is 4.79 Å². The monoisotopic (exact) mass is 386 g/mol. The topological polar surface area (TPSA) is 50.4 Å². The molecule has 128 valence electrons. The first kappa shape index (κ1) is 18.7. The number of benzene rings is 2. The highest BCUT2D eigenvalue weighted by Gasteiger charge is 2.08. The van der Waals surface area contributed by atoms with Gasteiger partial charge in [0.05, 0.1) is 12.8 Å². The van der Waals surface area contributed by atoms with E-state index in [0.29, 0.717) is 33.0 Å². The first-order valence-electron chi connectivity index (χ1n) is 7.23. The Bertz CT molecular complexity index is 731. The van der Waals surface area contributed by atoms with E-state index in [0.717, 1.165) is 11.3 Å². The second kappa shape index (κ2) is 8.47. The Morgan fingerprint density at radius 3 is 2.38 bits per heavy atom. The van der Waals surface area contributed by atoms with E-state index in [1.54, 1.807) is 31.4 Å². The molecular formula is C17H17Cl3N2O2. The fraction of sp³-hybridized carbons (Fsp3) is 0.235. The summed E-state index contributed by atoms with van der Waals surface area (Å²) in [6, 6.07) is 8.52. The van der Waals surface area contributed by atoms with Gasteiger partial charge in [-0.1, -0.05) is 34.8 Å². The molecule has 0 atom stereocenters. The van der Waals surface area contributed by atoms with E-state index in [1.807, 2.05) is 13.0 Å². The van der Waals surface area contributed by atoms with Crippen LogP contribution in [0.1, 0.15) is 12.0 Å². The van der Waals surface area contributed by atoms with Gasteiger partial charge in [0.2, 0.25) is 5.91 Å². The molecule has 0 aliphatic rings. The quantitative estimate of drug-likeness (QED) is 0.697. The molecule has 1 amide bonds. The van der Waals surface area contributed by atoms with Gasteiger partial charge in [-0.2, -0.15) is 0 Å². The minimum absolute atomic E-state index is 0.148. The molecule has 0 fully saturated rings. The zero-order chi connectivity index (χ0) is 17.7. The predicted octanol–water partition coefficient (Wildman–Crippen LogP) is 5.40. The lowest BCUT2D eigenvalue weighted by atomic mass is 10.2. The van der Waals surface area contributed by atoms with Crippen LogP contribution in [0, 0.1) is 6.92 Å². The van der Waals surface area contributed by atoms with Crippen molar-refractivity contribution in [2.24, 2.45) is 0 Å². The van der Waals surface area contributed by atoms with Crippen molar-refractivity contribution in [3.63, 3.8) is 0 Å². The number of hydrogen-bond donors (Lipinski definition) is 2. The van der Waals surface area contributed by atoms with Crippen LogP contribution in [0.2, 0.25) is 15.1 Å². The summed E-state index contributed by atoms with van der Waals surface area (Å²) < 4.78 is 5.28. The van der Waals surface area contributed by atoms with Crippen molar-refractivity contribution < 1.29 is 9.53 Å². The Morgan fingerprint density at radius 1 is 1.08 bits per heavy atom. The lowest BCUT2D eigenvalue weighted by Gasteiger charge is -2.13. The summed E-state index contributed by atoms with van der Waals surface area (Å²) in [5.41, 5.74) is 2.29. The van der Waals surface area contributed by atoms with Crippen molar-refractivity contribution in [2.75, 3.05) is 24.3 Å². The van der Waals surface area contributed by atoms with Gasteiger partial charge in [-0.3, -0.25) is 4.79 Å². The molecule has 2 rings (SSSR count). The predicted molar refractivity (Wildman–Crippen MR) is 101 cm³/mol. The molecule has 0 radical (unpaired) electrons. The molecule has 2 aromatic rings. The summed E-state index contributed by atoms with van der Waals surface area (Å²) in [5.74, 6) is 0.484. The number of methoxy groups -OCH3 is 1. The fourth-order valence-corrected chi connectivity index (χ4v) is 2.81. The molecule has 0 saturated heterocycles. The Balaban J connectivity index is 1.92. The molecule has 0 spiro atoms. The number of hydrogen-bond acceptors (Lipinski definition) is 3. The van der Waals surface area contributed by atoms with Crippen LogP contribution in [0.3, 0.4) is 0 Å². The summed E-state index contributed by atoms with van der Waals surface area (Å²) in [7, 11) is 1.57. The van der Waals surface area contributed by atoms with Crippen LogP contribution in [0.25, 0.3) is 0 Å². The maximum Gasteiger partial charge on any atom is 0.226 e. The molecule has 0 aromatic heterocycles. The maximum absolute atomic E-state index is 12.0. The third kappa shape index (κ3) is 5.20. The Kier molecular flexibility index (Phi) is 6.60. The van der Waals surface area contributed by atoms with E-state index in [4.69, 9.17) is 39.5 Å². The number of rotatable bonds is 6. The molecule has 0 aliphatic heterocycles. The van der Waals surface area contributed by atoms with Gasteiger partial charge < -0.3 is 15.4 Å². The Hall–Kier alpha value is -1.62. The van der Waals surface area contributed by atoms with Gasteiger partial charge >= 0.3 is 0 Å². The van der Waals surface area contributed by atoms with E-state index >= 15 is 0 Å². The number of anilines is 2. The van der Waals surface area contributed by atoms with Gasteiger partial charge in [0, 0.05) is 39.8 Å². The normalized spacial score (nSPS) is 10.4. The van der Waals surface area contributed by atoms with Crippen molar-refractivity contribution in [3.8, 4) is 5.75 Å². The van der Waals surface area contributed by atoms with Gasteiger partial charge in [0.25, 0.3) is 0 Å². The SMILES string of the molecule is COc1cc(Cl)c(C)cc1NCCC(=O)Nc1cc(Cl)cc(Cl)c1. The lowest BCUT2D eigenvalue weighted by molar-refractivity contribution is -0.115. The molecule has 4 nitrogen and oxygen atoms in total. The molecule has 2 aromatic carbocycles. The van der Waals surface area contributed by atoms with Crippen LogP contribution in [0.5, 0.6) is 5.75 Å². The number of aryl methyl sites for hydroxylation is 1. The van der Waals surface area contributed by atoms with E-state index in [2.05, 4.69) is 10.6 Å². The minimum atomic E-state index is -0.148. The first-order chi connectivity index (χ1) is 11.4. The largest absolute Gasteiger partial charge is 0.495 e. The molecule has 7 heteroatoms. The number of halogens is 3. The van der Waals surface area contributed by atoms with Gasteiger partial charge in [-0.15, -0.1) is 0 Å². The standard InChI is InChI=1S/C17H17Cl3N2O2/c1-10-5-15(16(24-2)9-14(10)20)21-4-3-17(23)22-13-7-11(18)6-12(19)8-13/h5-9,21H,3-4H2,1-2H3,(H,22,23). The zero-order valence-corrected chi connectivity index (χ0v) is 15.5. The van der Waals surface area contributed by atoms with Gasteiger partial charge in [-0.25, -0.2) is 0 Å². The smallest absolute Gasteiger partial charge is 0.226 e. The molecule has 0 heterocycles. The van der Waals surface area contributed by atoms with Crippen molar-refractivity contribution in [1.29, 1.82) is 0 Å². The van der Waals surface area contributed by atoms with E-state index in [1.165, 1.54) is 0 Å². The average Bonchev–Trinajstić information content (AvgIpc) is 2.49. The van der Waals surface area contributed by atoms with Crippen LogP contribution in [0.15, 0.2) is 30.3 Å². The first-order valence-corrected chi connectivity index (χ1v) is 8.36. The summed E-state index contributed by atoms with van der Waals surface area (Å²) in [6.45, 7) is 2.35. The van der Waals surface area contributed by atoms with Crippen molar-refractivity contribution in [3.05, 3.63) is 51.0 Å². The van der Waals surface area contributed by atoms with E-state index in [-0.39, 0.29) is 12.3 Å². The number of amides is 1. The number of nitrogens with one attached hydrogen (secondary N) is 2. The summed E-state index contributed by atoms with van der Waals surface area (Å²) in [6.07, 6.45) is 0.273. The summed E-state index contributed by atoms with van der Waals surface area (Å²) in [5, 5.41) is 7.51. The number of carbonyl (C=O) groups excluding carboxylic acids is 1. The fourth-order valence-electron chi connectivity index (χ4n) is 2.13. The second-order valence-electron chi connectivity index (χ2n) is 5.18. The highest BCUT2D eigenvalue weighted by molar-refractivity contribution is 6.35. The average molecular weight is 388 g/mol. The minimum Gasteiger partial charge on any atom is -0.495 e. The Labute approximate surface area is 156 Å². The van der Waals surface area contributed by atoms with Gasteiger partial charge in [0.15, 0.2) is 0 Å². The van der Waals surface area contributed by atoms with Crippen molar-refractivity contribution >= 4 is 52.1 Å². The zero-order valence-electron chi connectivity index (χ0n) is 13.3. The highest BCUT2D eigenvalue weighted by atomic mass is 35.5. The maximum atomic E-state index is 12.0. The van der Waals surface area contributed by atoms with E-state index < -0.39 is 0 Å². The van der Waals surface area contributed by atoms with Crippen LogP contribution < -0.4 is 15.4 Å². The van der Waals surface area contributed by atoms with Gasteiger partial charge in [0.1, 0.15) is 5.75 Å². The van der Waals surface area contributed by atoms with Crippen LogP contribution in [-0.2, 0) is 4.79 Å². The molecule has 0 bridgehead atoms. The molecule has 0 aliphatic carbocycles.